The molecule has 34 heavy (non-hydrogen) atoms. The highest BCUT2D eigenvalue weighted by Crippen LogP contribution is 2.46. The molecule has 1 aromatic carbocycles. The second-order valence-corrected chi connectivity index (χ2v) is 9.64. The second kappa shape index (κ2) is 7.58. The molecule has 0 saturated heterocycles. The predicted molar refractivity (Wildman–Crippen MR) is 125 cm³/mol. The van der Waals surface area contributed by atoms with Crippen LogP contribution in [0.3, 0.4) is 0 Å². The summed E-state index contributed by atoms with van der Waals surface area (Å²) in [6, 6.07) is 6.90. The van der Waals surface area contributed by atoms with Gasteiger partial charge in [0.05, 0.1) is 11.1 Å². The number of rotatable bonds is 3. The van der Waals surface area contributed by atoms with Crippen LogP contribution < -0.4 is 0 Å². The standard InChI is InChI=1S/C27H24F4N2O/c1-15-5-7-19-20-9-10-21(28)32-25(20)34-24(19)22(15)23-18-8-6-16(13-17(18)11-12-33(23)4)14-26(2,3)27(29,30)31/h5-13,17H,14H2,1-4H3. The topological polar surface area (TPSA) is 29.3 Å². The number of halogens is 4. The van der Waals surface area contributed by atoms with Crippen LogP contribution in [0.5, 0.6) is 0 Å². The summed E-state index contributed by atoms with van der Waals surface area (Å²) in [5, 5.41) is 1.56. The summed E-state index contributed by atoms with van der Waals surface area (Å²) in [6.45, 7) is 4.43. The van der Waals surface area contributed by atoms with E-state index >= 15 is 0 Å². The monoisotopic (exact) mass is 468 g/mol. The fourth-order valence-corrected chi connectivity index (χ4v) is 4.72. The number of furan rings is 1. The van der Waals surface area contributed by atoms with E-state index in [0.717, 1.165) is 33.2 Å². The first-order valence-electron chi connectivity index (χ1n) is 11.1. The fourth-order valence-electron chi connectivity index (χ4n) is 4.72. The van der Waals surface area contributed by atoms with Crippen LogP contribution in [0.15, 0.2) is 70.3 Å². The molecule has 0 amide bonds. The largest absolute Gasteiger partial charge is 0.437 e. The summed E-state index contributed by atoms with van der Waals surface area (Å²) in [7, 11) is 1.92. The molecule has 1 unspecified atom stereocenters. The van der Waals surface area contributed by atoms with E-state index in [4.69, 9.17) is 4.42 Å². The molecule has 0 N–H and O–H groups in total. The minimum atomic E-state index is -4.28. The number of aromatic nitrogens is 1. The molecule has 3 heterocycles. The van der Waals surface area contributed by atoms with Crippen molar-refractivity contribution in [2.24, 2.45) is 11.3 Å². The van der Waals surface area contributed by atoms with Crippen molar-refractivity contribution < 1.29 is 22.0 Å². The Labute approximate surface area is 194 Å². The second-order valence-electron chi connectivity index (χ2n) is 9.64. The summed E-state index contributed by atoms with van der Waals surface area (Å²) in [4.78, 5) is 5.88. The lowest BCUT2D eigenvalue weighted by Crippen LogP contribution is -2.32. The van der Waals surface area contributed by atoms with E-state index in [1.165, 1.54) is 19.9 Å². The number of pyridine rings is 1. The van der Waals surface area contributed by atoms with Crippen molar-refractivity contribution in [3.8, 4) is 0 Å². The average molecular weight is 468 g/mol. The minimum absolute atomic E-state index is 0.0921. The molecule has 2 aromatic heterocycles. The van der Waals surface area contributed by atoms with Crippen LogP contribution >= 0.6 is 0 Å². The van der Waals surface area contributed by atoms with Crippen molar-refractivity contribution in [3.05, 3.63) is 83.0 Å². The van der Waals surface area contributed by atoms with Crippen molar-refractivity contribution in [2.75, 3.05) is 7.05 Å². The van der Waals surface area contributed by atoms with Gasteiger partial charge in [0.2, 0.25) is 11.7 Å². The number of nitrogens with zero attached hydrogens (tertiary/aromatic N) is 2. The first kappa shape index (κ1) is 22.4. The molecule has 1 aliphatic carbocycles. The van der Waals surface area contributed by atoms with E-state index in [-0.39, 0.29) is 18.1 Å². The Morgan fingerprint density at radius 3 is 2.53 bits per heavy atom. The Balaban J connectivity index is 1.64. The Hall–Kier alpha value is -3.35. The molecule has 0 fully saturated rings. The van der Waals surface area contributed by atoms with E-state index in [1.807, 2.05) is 55.4 Å². The van der Waals surface area contributed by atoms with Gasteiger partial charge in [-0.2, -0.15) is 22.5 Å². The molecule has 3 nitrogen and oxygen atoms in total. The lowest BCUT2D eigenvalue weighted by atomic mass is 9.79. The zero-order valence-electron chi connectivity index (χ0n) is 19.3. The van der Waals surface area contributed by atoms with Gasteiger partial charge in [-0.3, -0.25) is 0 Å². The van der Waals surface area contributed by atoms with E-state index in [2.05, 4.69) is 4.98 Å². The Morgan fingerprint density at radius 2 is 1.79 bits per heavy atom. The number of benzene rings is 1. The molecule has 1 aliphatic heterocycles. The molecular weight excluding hydrogens is 444 g/mol. The zero-order chi connectivity index (χ0) is 24.4. The summed E-state index contributed by atoms with van der Waals surface area (Å²) in [5.41, 5.74) is 3.37. The van der Waals surface area contributed by atoms with Gasteiger partial charge in [0.25, 0.3) is 0 Å². The third kappa shape index (κ3) is 3.54. The molecule has 0 saturated carbocycles. The van der Waals surface area contributed by atoms with Crippen LogP contribution in [-0.2, 0) is 0 Å². The van der Waals surface area contributed by atoms with E-state index in [9.17, 15) is 17.6 Å². The van der Waals surface area contributed by atoms with Crippen molar-refractivity contribution in [3.63, 3.8) is 0 Å². The highest BCUT2D eigenvalue weighted by Gasteiger charge is 2.47. The summed E-state index contributed by atoms with van der Waals surface area (Å²) >= 11 is 0. The first-order valence-corrected chi connectivity index (χ1v) is 11.1. The molecule has 7 heteroatoms. The van der Waals surface area contributed by atoms with Gasteiger partial charge in [0.1, 0.15) is 5.58 Å². The molecule has 176 valence electrons. The minimum Gasteiger partial charge on any atom is -0.437 e. The molecule has 0 spiro atoms. The lowest BCUT2D eigenvalue weighted by molar-refractivity contribution is -0.210. The number of hydrogen-bond donors (Lipinski definition) is 0. The van der Waals surface area contributed by atoms with Gasteiger partial charge >= 0.3 is 6.18 Å². The third-order valence-corrected chi connectivity index (χ3v) is 6.70. The maximum atomic E-state index is 13.7. The molecule has 1 atom stereocenters. The van der Waals surface area contributed by atoms with Gasteiger partial charge in [-0.15, -0.1) is 0 Å². The smallest absolute Gasteiger partial charge is 0.394 e. The van der Waals surface area contributed by atoms with Gasteiger partial charge in [-0.1, -0.05) is 55.9 Å². The van der Waals surface area contributed by atoms with Crippen molar-refractivity contribution >= 4 is 27.8 Å². The average Bonchev–Trinajstić information content (AvgIpc) is 3.11. The number of allylic oxidation sites excluding steroid dienone is 6. The Bertz CT molecular complexity index is 1440. The van der Waals surface area contributed by atoms with Gasteiger partial charge in [0.15, 0.2) is 0 Å². The van der Waals surface area contributed by atoms with Crippen molar-refractivity contribution in [2.45, 2.75) is 33.4 Å². The van der Waals surface area contributed by atoms with Crippen LogP contribution in [0.25, 0.3) is 27.8 Å². The fraction of sp³-hybridized carbons (Fsp3) is 0.296. The molecule has 2 aliphatic rings. The van der Waals surface area contributed by atoms with Gasteiger partial charge in [-0.05, 0) is 36.6 Å². The number of alkyl halides is 3. The van der Waals surface area contributed by atoms with E-state index in [1.54, 1.807) is 12.1 Å². The third-order valence-electron chi connectivity index (χ3n) is 6.70. The van der Waals surface area contributed by atoms with Gasteiger partial charge in [-0.25, -0.2) is 0 Å². The van der Waals surface area contributed by atoms with Crippen LogP contribution in [0, 0.1) is 24.2 Å². The van der Waals surface area contributed by atoms with Gasteiger partial charge in [0, 0.05) is 35.5 Å². The molecule has 0 bridgehead atoms. The molecule has 3 aromatic rings. The van der Waals surface area contributed by atoms with Gasteiger partial charge < -0.3 is 9.32 Å². The maximum absolute atomic E-state index is 13.7. The Morgan fingerprint density at radius 1 is 1.06 bits per heavy atom. The van der Waals surface area contributed by atoms with Crippen LogP contribution in [-0.4, -0.2) is 23.1 Å². The lowest BCUT2D eigenvalue weighted by Gasteiger charge is -2.33. The first-order chi connectivity index (χ1) is 16.0. The van der Waals surface area contributed by atoms with Crippen LogP contribution in [0.1, 0.15) is 31.4 Å². The number of aryl methyl sites for hydroxylation is 1. The quantitative estimate of drug-likeness (QED) is 0.291. The normalized spacial score (nSPS) is 18.8. The van der Waals surface area contributed by atoms with E-state index < -0.39 is 17.5 Å². The summed E-state index contributed by atoms with van der Waals surface area (Å²) in [5.74, 6) is -0.774. The Kier molecular flexibility index (Phi) is 5.01. The SMILES string of the molecule is Cc1ccc2c(oc3nc(F)ccc32)c1C1=C2C=CC(CC(C)(C)C(F)(F)F)=CC2C=CN1C. The van der Waals surface area contributed by atoms with Crippen molar-refractivity contribution in [1.29, 1.82) is 0 Å². The molecular formula is C27H24F4N2O. The highest BCUT2D eigenvalue weighted by atomic mass is 19.4. The van der Waals surface area contributed by atoms with Crippen LogP contribution in [0.4, 0.5) is 17.6 Å². The molecule has 0 radical (unpaired) electrons. The predicted octanol–water partition coefficient (Wildman–Crippen LogP) is 7.69. The molecule has 5 rings (SSSR count). The zero-order valence-corrected chi connectivity index (χ0v) is 19.3. The van der Waals surface area contributed by atoms with Crippen molar-refractivity contribution in [1.82, 2.24) is 9.88 Å². The summed E-state index contributed by atoms with van der Waals surface area (Å²) < 4.78 is 60.1. The summed E-state index contributed by atoms with van der Waals surface area (Å²) in [6.07, 6.45) is 5.10. The maximum Gasteiger partial charge on any atom is 0.394 e. The van der Waals surface area contributed by atoms with Crippen LogP contribution in [0.2, 0.25) is 0 Å². The number of hydrogen-bond acceptors (Lipinski definition) is 3. The highest BCUT2D eigenvalue weighted by molar-refractivity contribution is 6.07. The number of fused-ring (bicyclic) bond motifs is 4. The van der Waals surface area contributed by atoms with E-state index in [0.29, 0.717) is 11.2 Å².